The van der Waals surface area contributed by atoms with Gasteiger partial charge in [-0.15, -0.1) is 0 Å². The van der Waals surface area contributed by atoms with Crippen LogP contribution in [-0.2, 0) is 11.2 Å². The molecule has 4 heteroatoms. The van der Waals surface area contributed by atoms with Gasteiger partial charge < -0.3 is 11.5 Å². The first-order chi connectivity index (χ1) is 6.59. The molecule has 0 aliphatic carbocycles. The zero-order valence-corrected chi connectivity index (χ0v) is 8.03. The van der Waals surface area contributed by atoms with Gasteiger partial charge in [-0.05, 0) is 18.6 Å². The molecular formula is C10H13N3O. The van der Waals surface area contributed by atoms with E-state index in [-0.39, 0.29) is 11.7 Å². The molecule has 0 saturated heterocycles. The third-order valence-corrected chi connectivity index (χ3v) is 1.68. The Morgan fingerprint density at radius 3 is 2.57 bits per heavy atom. The number of hydrogen-bond acceptors (Lipinski definition) is 2. The van der Waals surface area contributed by atoms with Crippen molar-refractivity contribution in [3.05, 3.63) is 29.8 Å². The van der Waals surface area contributed by atoms with Crippen molar-refractivity contribution in [2.75, 3.05) is 0 Å². The summed E-state index contributed by atoms with van der Waals surface area (Å²) in [6.07, 6.45) is 0.354. The topological polar surface area (TPSA) is 81.5 Å². The zero-order valence-electron chi connectivity index (χ0n) is 8.03. The molecule has 4 N–H and O–H groups in total. The fourth-order valence-corrected chi connectivity index (χ4v) is 1.18. The van der Waals surface area contributed by atoms with E-state index in [0.29, 0.717) is 12.1 Å². The molecule has 4 nitrogen and oxygen atoms in total. The Bertz CT molecular complexity index is 367. The van der Waals surface area contributed by atoms with E-state index in [1.54, 1.807) is 6.07 Å². The fraction of sp³-hybridized carbons (Fsp3) is 0.200. The Hall–Kier alpha value is -1.84. The minimum atomic E-state index is 0.000928. The predicted molar refractivity (Wildman–Crippen MR) is 56.3 cm³/mol. The Kier molecular flexibility index (Phi) is 3.23. The quantitative estimate of drug-likeness (QED) is 0.545. The van der Waals surface area contributed by atoms with Gasteiger partial charge in [0.2, 0.25) is 0 Å². The summed E-state index contributed by atoms with van der Waals surface area (Å²) >= 11 is 0. The lowest BCUT2D eigenvalue weighted by Gasteiger charge is -2.02. The normalized spacial score (nSPS) is 9.50. The highest BCUT2D eigenvalue weighted by Crippen LogP contribution is 2.18. The van der Waals surface area contributed by atoms with Crippen molar-refractivity contribution >= 4 is 17.4 Å². The van der Waals surface area contributed by atoms with E-state index in [1.165, 1.54) is 6.92 Å². The number of benzene rings is 1. The second-order valence-corrected chi connectivity index (χ2v) is 3.04. The number of guanidine groups is 1. The molecule has 0 aliphatic rings. The smallest absolute Gasteiger partial charge is 0.191 e. The van der Waals surface area contributed by atoms with Crippen molar-refractivity contribution in [2.24, 2.45) is 16.5 Å². The van der Waals surface area contributed by atoms with E-state index in [2.05, 4.69) is 4.99 Å². The molecule has 0 saturated carbocycles. The third-order valence-electron chi connectivity index (χ3n) is 1.68. The lowest BCUT2D eigenvalue weighted by molar-refractivity contribution is -0.116. The van der Waals surface area contributed by atoms with E-state index in [4.69, 9.17) is 11.5 Å². The lowest BCUT2D eigenvalue weighted by Crippen LogP contribution is -2.22. The Morgan fingerprint density at radius 2 is 2.00 bits per heavy atom. The van der Waals surface area contributed by atoms with Crippen molar-refractivity contribution in [3.8, 4) is 0 Å². The largest absolute Gasteiger partial charge is 0.370 e. The van der Waals surface area contributed by atoms with Gasteiger partial charge in [0.1, 0.15) is 5.78 Å². The molecule has 0 bridgehead atoms. The van der Waals surface area contributed by atoms with Crippen molar-refractivity contribution in [1.82, 2.24) is 0 Å². The first-order valence-corrected chi connectivity index (χ1v) is 4.26. The van der Waals surface area contributed by atoms with Crippen LogP contribution in [0.4, 0.5) is 5.69 Å². The predicted octanol–water partition coefficient (Wildman–Crippen LogP) is 0.723. The highest BCUT2D eigenvalue weighted by Gasteiger charge is 2.02. The molecule has 74 valence electrons. The van der Waals surface area contributed by atoms with Crippen LogP contribution in [0.1, 0.15) is 12.5 Å². The first kappa shape index (κ1) is 10.2. The van der Waals surface area contributed by atoms with E-state index < -0.39 is 0 Å². The monoisotopic (exact) mass is 191 g/mol. The average Bonchev–Trinajstić information content (AvgIpc) is 2.06. The van der Waals surface area contributed by atoms with Crippen LogP contribution in [0.25, 0.3) is 0 Å². The van der Waals surface area contributed by atoms with E-state index >= 15 is 0 Å². The molecule has 0 spiro atoms. The van der Waals surface area contributed by atoms with Crippen LogP contribution < -0.4 is 11.5 Å². The van der Waals surface area contributed by atoms with Crippen LogP contribution in [0.15, 0.2) is 29.3 Å². The summed E-state index contributed by atoms with van der Waals surface area (Å²) in [5.41, 5.74) is 12.0. The molecule has 1 rings (SSSR count). The van der Waals surface area contributed by atoms with Gasteiger partial charge in [-0.1, -0.05) is 18.2 Å². The van der Waals surface area contributed by atoms with Crippen molar-refractivity contribution in [2.45, 2.75) is 13.3 Å². The van der Waals surface area contributed by atoms with E-state index in [0.717, 1.165) is 5.56 Å². The number of nitrogens with two attached hydrogens (primary N) is 2. The van der Waals surface area contributed by atoms with Gasteiger partial charge in [0.05, 0.1) is 5.69 Å². The van der Waals surface area contributed by atoms with Gasteiger partial charge in [-0.3, -0.25) is 4.79 Å². The second-order valence-electron chi connectivity index (χ2n) is 3.04. The highest BCUT2D eigenvalue weighted by molar-refractivity contribution is 5.82. The van der Waals surface area contributed by atoms with Gasteiger partial charge in [-0.2, -0.15) is 0 Å². The number of Topliss-reactive ketones (excluding diaryl/α,β-unsaturated/α-hetero) is 1. The number of para-hydroxylation sites is 1. The van der Waals surface area contributed by atoms with Crippen LogP contribution >= 0.6 is 0 Å². The van der Waals surface area contributed by atoms with E-state index in [1.807, 2.05) is 18.2 Å². The van der Waals surface area contributed by atoms with Crippen LogP contribution in [0.2, 0.25) is 0 Å². The number of carbonyl (C=O) groups excluding carboxylic acids is 1. The highest BCUT2D eigenvalue weighted by atomic mass is 16.1. The Balaban J connectivity index is 3.03. The van der Waals surface area contributed by atoms with Crippen LogP contribution in [0, 0.1) is 0 Å². The van der Waals surface area contributed by atoms with E-state index in [9.17, 15) is 4.79 Å². The maximum absolute atomic E-state index is 10.9. The molecule has 0 fully saturated rings. The molecule has 0 atom stereocenters. The van der Waals surface area contributed by atoms with Crippen LogP contribution in [0.5, 0.6) is 0 Å². The second kappa shape index (κ2) is 4.41. The van der Waals surface area contributed by atoms with Crippen molar-refractivity contribution in [1.29, 1.82) is 0 Å². The van der Waals surface area contributed by atoms with Gasteiger partial charge in [0, 0.05) is 6.42 Å². The molecule has 0 radical (unpaired) electrons. The summed E-state index contributed by atoms with van der Waals surface area (Å²) in [7, 11) is 0. The Labute approximate surface area is 82.6 Å². The summed E-state index contributed by atoms with van der Waals surface area (Å²) in [6.45, 7) is 1.53. The molecular weight excluding hydrogens is 178 g/mol. The molecule has 0 aromatic heterocycles. The molecule has 0 aliphatic heterocycles. The Morgan fingerprint density at radius 1 is 1.36 bits per heavy atom. The summed E-state index contributed by atoms with van der Waals surface area (Å²) < 4.78 is 0. The average molecular weight is 191 g/mol. The molecule has 1 aromatic rings. The molecule has 0 heterocycles. The lowest BCUT2D eigenvalue weighted by atomic mass is 10.1. The van der Waals surface area contributed by atoms with Gasteiger partial charge in [0.25, 0.3) is 0 Å². The van der Waals surface area contributed by atoms with Gasteiger partial charge in [0.15, 0.2) is 5.96 Å². The zero-order chi connectivity index (χ0) is 10.6. The number of carbonyl (C=O) groups is 1. The minimum absolute atomic E-state index is 0.000928. The molecule has 1 aromatic carbocycles. The SMILES string of the molecule is CC(=O)Cc1ccccc1N=C(N)N. The maximum atomic E-state index is 10.9. The van der Waals surface area contributed by atoms with Gasteiger partial charge in [-0.25, -0.2) is 4.99 Å². The molecule has 0 unspecified atom stereocenters. The summed E-state index contributed by atoms with van der Waals surface area (Å²) in [4.78, 5) is 14.9. The van der Waals surface area contributed by atoms with Crippen molar-refractivity contribution < 1.29 is 4.79 Å². The van der Waals surface area contributed by atoms with Gasteiger partial charge >= 0.3 is 0 Å². The minimum Gasteiger partial charge on any atom is -0.370 e. The molecule has 0 amide bonds. The number of rotatable bonds is 3. The number of ketones is 1. The standard InChI is InChI=1S/C10H13N3O/c1-7(14)6-8-4-2-3-5-9(8)13-10(11)12/h2-5H,6H2,1H3,(H4,11,12,13). The maximum Gasteiger partial charge on any atom is 0.191 e. The molecule has 14 heavy (non-hydrogen) atoms. The van der Waals surface area contributed by atoms with Crippen LogP contribution in [0.3, 0.4) is 0 Å². The van der Waals surface area contributed by atoms with Crippen molar-refractivity contribution in [3.63, 3.8) is 0 Å². The first-order valence-electron chi connectivity index (χ1n) is 4.26. The number of hydrogen-bond donors (Lipinski definition) is 2. The number of aliphatic imine (C=N–C) groups is 1. The fourth-order valence-electron chi connectivity index (χ4n) is 1.18. The number of nitrogens with zero attached hydrogens (tertiary/aromatic N) is 1. The summed E-state index contributed by atoms with van der Waals surface area (Å²) in [5, 5.41) is 0. The van der Waals surface area contributed by atoms with Crippen LogP contribution in [-0.4, -0.2) is 11.7 Å². The summed E-state index contributed by atoms with van der Waals surface area (Å²) in [6, 6.07) is 7.29. The summed E-state index contributed by atoms with van der Waals surface area (Å²) in [5.74, 6) is 0.0873. The third kappa shape index (κ3) is 2.90.